The molecule has 0 radical (unpaired) electrons. The quantitative estimate of drug-likeness (QED) is 0.408. The van der Waals surface area contributed by atoms with Crippen molar-refractivity contribution in [1.82, 2.24) is 4.90 Å². The second kappa shape index (κ2) is 13.3. The van der Waals surface area contributed by atoms with Crippen molar-refractivity contribution < 1.29 is 33.6 Å². The van der Waals surface area contributed by atoms with Gasteiger partial charge in [-0.2, -0.15) is 0 Å². The molecule has 1 aliphatic rings. The fraction of sp³-hybridized carbons (Fsp3) is 0.345. The Labute approximate surface area is 216 Å². The van der Waals surface area contributed by atoms with E-state index in [2.05, 4.69) is 0 Å². The molecule has 1 heterocycles. The predicted octanol–water partition coefficient (Wildman–Crippen LogP) is 3.87. The van der Waals surface area contributed by atoms with Crippen molar-refractivity contribution >= 4 is 6.09 Å². The van der Waals surface area contributed by atoms with Gasteiger partial charge in [-0.25, -0.2) is 9.18 Å². The molecule has 4 rings (SSSR count). The molecule has 0 aliphatic carbocycles. The summed E-state index contributed by atoms with van der Waals surface area (Å²) in [7, 11) is 0. The van der Waals surface area contributed by atoms with Crippen LogP contribution in [0.5, 0.6) is 0 Å². The second-order valence-electron chi connectivity index (χ2n) is 8.96. The van der Waals surface area contributed by atoms with Crippen LogP contribution in [0.1, 0.15) is 16.7 Å². The van der Waals surface area contributed by atoms with Gasteiger partial charge in [-0.3, -0.25) is 4.90 Å². The molecule has 0 saturated carbocycles. The van der Waals surface area contributed by atoms with E-state index in [0.29, 0.717) is 0 Å². The maximum Gasteiger partial charge on any atom is 0.410 e. The van der Waals surface area contributed by atoms with Crippen molar-refractivity contribution in [2.75, 3.05) is 13.2 Å². The normalized spacial score (nSPS) is 22.1. The summed E-state index contributed by atoms with van der Waals surface area (Å²) in [6.45, 7) is -0.550. The van der Waals surface area contributed by atoms with Crippen LogP contribution in [0.15, 0.2) is 91.0 Å². The molecule has 3 aromatic rings. The number of carbonyl (C=O) groups excluding carboxylic acids is 1. The van der Waals surface area contributed by atoms with E-state index in [1.165, 1.54) is 0 Å². The minimum Gasteiger partial charge on any atom is -0.445 e. The lowest BCUT2D eigenvalue weighted by atomic mass is 10.0. The molecule has 0 unspecified atom stereocenters. The van der Waals surface area contributed by atoms with Crippen LogP contribution >= 0.6 is 0 Å². The number of nitrogens with zero attached hydrogens (tertiary/aromatic N) is 1. The lowest BCUT2D eigenvalue weighted by Crippen LogP contribution is -2.52. The summed E-state index contributed by atoms with van der Waals surface area (Å²) in [4.78, 5) is 14.4. The SMILES string of the molecule is O=C(OCc1ccccc1)N1[C@@H]([C@H](O)CO)[C@H](OCc2ccccc2)[C@@H](F)[C@@H]1COCc1ccccc1. The molecule has 0 spiro atoms. The lowest BCUT2D eigenvalue weighted by molar-refractivity contribution is -0.0602. The van der Waals surface area contributed by atoms with Crippen LogP contribution in [-0.4, -0.2) is 64.9 Å². The molecular weight excluding hydrogens is 477 g/mol. The Morgan fingerprint density at radius 1 is 0.838 bits per heavy atom. The summed E-state index contributed by atoms with van der Waals surface area (Å²) in [5.41, 5.74) is 2.48. The van der Waals surface area contributed by atoms with Gasteiger partial charge in [0.25, 0.3) is 0 Å². The first kappa shape index (κ1) is 26.8. The molecule has 2 N–H and O–H groups in total. The zero-order valence-electron chi connectivity index (χ0n) is 20.4. The summed E-state index contributed by atoms with van der Waals surface area (Å²) in [6, 6.07) is 25.5. The van der Waals surface area contributed by atoms with Crippen LogP contribution in [0.3, 0.4) is 0 Å². The maximum absolute atomic E-state index is 16.0. The largest absolute Gasteiger partial charge is 0.445 e. The number of hydrogen-bond acceptors (Lipinski definition) is 6. The molecule has 196 valence electrons. The maximum atomic E-state index is 16.0. The van der Waals surface area contributed by atoms with Gasteiger partial charge in [-0.05, 0) is 16.7 Å². The van der Waals surface area contributed by atoms with Crippen LogP contribution in [0.4, 0.5) is 9.18 Å². The van der Waals surface area contributed by atoms with E-state index in [0.717, 1.165) is 21.6 Å². The Hall–Kier alpha value is -3.30. The van der Waals surface area contributed by atoms with Gasteiger partial charge in [-0.1, -0.05) is 91.0 Å². The van der Waals surface area contributed by atoms with Gasteiger partial charge >= 0.3 is 6.09 Å². The van der Waals surface area contributed by atoms with Crippen LogP contribution < -0.4 is 0 Å². The number of aliphatic hydroxyl groups is 2. The fourth-order valence-electron chi connectivity index (χ4n) is 4.50. The Morgan fingerprint density at radius 2 is 1.35 bits per heavy atom. The standard InChI is InChI=1S/C29H32FNO6/c30-26-24(20-35-17-21-10-4-1-5-11-21)31(29(34)37-19-23-14-8-3-9-15-23)27(25(33)16-32)28(26)36-18-22-12-6-2-7-13-22/h1-15,24-28,32-33H,16-20H2/t24-,25+,26-,27-,28+/m0/s1. The van der Waals surface area contributed by atoms with Crippen molar-refractivity contribution in [2.45, 2.75) is 50.3 Å². The van der Waals surface area contributed by atoms with Gasteiger partial charge in [0, 0.05) is 0 Å². The van der Waals surface area contributed by atoms with Crippen LogP contribution in [0, 0.1) is 0 Å². The Balaban J connectivity index is 1.53. The van der Waals surface area contributed by atoms with Gasteiger partial charge in [0.05, 0.1) is 38.5 Å². The first-order chi connectivity index (χ1) is 18.1. The van der Waals surface area contributed by atoms with Crippen LogP contribution in [0.2, 0.25) is 0 Å². The molecule has 5 atom stereocenters. The van der Waals surface area contributed by atoms with E-state index >= 15 is 4.39 Å². The Kier molecular flexibility index (Phi) is 9.62. The highest BCUT2D eigenvalue weighted by Gasteiger charge is 2.55. The number of likely N-dealkylation sites (tertiary alicyclic amines) is 1. The fourth-order valence-corrected chi connectivity index (χ4v) is 4.50. The Bertz CT molecular complexity index is 1090. The molecule has 37 heavy (non-hydrogen) atoms. The lowest BCUT2D eigenvalue weighted by Gasteiger charge is -2.32. The van der Waals surface area contributed by atoms with Crippen molar-refractivity contribution in [3.8, 4) is 0 Å². The monoisotopic (exact) mass is 509 g/mol. The minimum atomic E-state index is -1.69. The van der Waals surface area contributed by atoms with E-state index < -0.39 is 43.2 Å². The second-order valence-corrected chi connectivity index (χ2v) is 8.96. The van der Waals surface area contributed by atoms with E-state index in [-0.39, 0.29) is 26.4 Å². The molecule has 1 fully saturated rings. The molecule has 0 bridgehead atoms. The summed E-state index contributed by atoms with van der Waals surface area (Å²) >= 11 is 0. The minimum absolute atomic E-state index is 0.0256. The summed E-state index contributed by atoms with van der Waals surface area (Å²) in [5.74, 6) is 0. The zero-order valence-corrected chi connectivity index (χ0v) is 20.4. The van der Waals surface area contributed by atoms with Crippen LogP contribution in [-0.2, 0) is 34.0 Å². The predicted molar refractivity (Wildman–Crippen MR) is 135 cm³/mol. The van der Waals surface area contributed by atoms with Crippen molar-refractivity contribution in [3.05, 3.63) is 108 Å². The number of alkyl halides is 1. The van der Waals surface area contributed by atoms with Gasteiger partial charge in [0.1, 0.15) is 18.8 Å². The number of aliphatic hydroxyl groups excluding tert-OH is 2. The number of benzene rings is 3. The average Bonchev–Trinajstić information content (AvgIpc) is 3.23. The molecular formula is C29H32FNO6. The summed E-state index contributed by atoms with van der Waals surface area (Å²) < 4.78 is 33.2. The highest BCUT2D eigenvalue weighted by atomic mass is 19.1. The summed E-state index contributed by atoms with van der Waals surface area (Å²) in [5, 5.41) is 20.4. The molecule has 1 amide bonds. The highest BCUT2D eigenvalue weighted by Crippen LogP contribution is 2.34. The molecule has 0 aromatic heterocycles. The molecule has 3 aromatic carbocycles. The van der Waals surface area contributed by atoms with Gasteiger partial charge in [-0.15, -0.1) is 0 Å². The number of amides is 1. The summed E-state index contributed by atoms with van der Waals surface area (Å²) in [6.07, 6.45) is -5.14. The van der Waals surface area contributed by atoms with E-state index in [4.69, 9.17) is 14.2 Å². The van der Waals surface area contributed by atoms with E-state index in [1.807, 2.05) is 91.0 Å². The molecule has 1 saturated heterocycles. The third-order valence-electron chi connectivity index (χ3n) is 6.38. The van der Waals surface area contributed by atoms with Crippen molar-refractivity contribution in [3.63, 3.8) is 0 Å². The smallest absolute Gasteiger partial charge is 0.410 e. The third kappa shape index (κ3) is 6.93. The number of carbonyl (C=O) groups is 1. The number of halogens is 1. The number of rotatable bonds is 11. The van der Waals surface area contributed by atoms with Crippen molar-refractivity contribution in [1.29, 1.82) is 0 Å². The third-order valence-corrected chi connectivity index (χ3v) is 6.38. The number of hydrogen-bond donors (Lipinski definition) is 2. The molecule has 8 heteroatoms. The van der Waals surface area contributed by atoms with Gasteiger partial charge in [0.15, 0.2) is 6.17 Å². The average molecular weight is 510 g/mol. The molecule has 1 aliphatic heterocycles. The van der Waals surface area contributed by atoms with Crippen molar-refractivity contribution in [2.24, 2.45) is 0 Å². The van der Waals surface area contributed by atoms with E-state index in [9.17, 15) is 15.0 Å². The van der Waals surface area contributed by atoms with Crippen LogP contribution in [0.25, 0.3) is 0 Å². The topological polar surface area (TPSA) is 88.5 Å². The molecule has 7 nitrogen and oxygen atoms in total. The zero-order chi connectivity index (χ0) is 26.0. The first-order valence-electron chi connectivity index (χ1n) is 12.3. The van der Waals surface area contributed by atoms with Gasteiger partial charge < -0.3 is 24.4 Å². The van der Waals surface area contributed by atoms with Gasteiger partial charge in [0.2, 0.25) is 0 Å². The Morgan fingerprint density at radius 3 is 1.89 bits per heavy atom. The van der Waals surface area contributed by atoms with E-state index in [1.54, 1.807) is 0 Å². The number of ether oxygens (including phenoxy) is 3. The highest BCUT2D eigenvalue weighted by molar-refractivity contribution is 5.69. The first-order valence-corrected chi connectivity index (χ1v) is 12.3.